The fraction of sp³-hybridized carbons (Fsp3) is 0.500. The summed E-state index contributed by atoms with van der Waals surface area (Å²) in [7, 11) is -3.71. The highest BCUT2D eigenvalue weighted by molar-refractivity contribution is 7.89. The highest BCUT2D eigenvalue weighted by Gasteiger charge is 2.31. The first-order valence-corrected chi connectivity index (χ1v) is 8.61. The van der Waals surface area contributed by atoms with Gasteiger partial charge in [-0.05, 0) is 43.4 Å². The van der Waals surface area contributed by atoms with Crippen molar-refractivity contribution in [3.05, 3.63) is 28.8 Å². The van der Waals surface area contributed by atoms with Crippen molar-refractivity contribution in [3.63, 3.8) is 0 Å². The average Bonchev–Trinajstić information content (AvgIpc) is 2.48. The van der Waals surface area contributed by atoms with Crippen LogP contribution in [0.5, 0.6) is 0 Å². The zero-order valence-corrected chi connectivity index (χ0v) is 13.1. The minimum atomic E-state index is -3.71. The van der Waals surface area contributed by atoms with Gasteiger partial charge < -0.3 is 5.11 Å². The standard InChI is InChI=1S/C14H17ClN2O3S/c15-13-4-3-12(9-16)8-14(13)21(19,20)17-6-1-2-11(10-17)5-7-18/h3-4,8,11,18H,1-2,5-7,10H2. The van der Waals surface area contributed by atoms with Crippen LogP contribution in [0.2, 0.25) is 5.02 Å². The molecule has 1 aliphatic heterocycles. The lowest BCUT2D eigenvalue weighted by atomic mass is 9.97. The van der Waals surface area contributed by atoms with Gasteiger partial charge in [0.25, 0.3) is 0 Å². The van der Waals surface area contributed by atoms with Gasteiger partial charge in [-0.1, -0.05) is 11.6 Å². The van der Waals surface area contributed by atoms with Gasteiger partial charge >= 0.3 is 0 Å². The number of hydrogen-bond acceptors (Lipinski definition) is 4. The molecule has 5 nitrogen and oxygen atoms in total. The molecule has 1 unspecified atom stereocenters. The molecule has 1 atom stereocenters. The Morgan fingerprint density at radius 3 is 2.90 bits per heavy atom. The van der Waals surface area contributed by atoms with Crippen LogP contribution in [0.1, 0.15) is 24.8 Å². The molecule has 1 fully saturated rings. The fourth-order valence-corrected chi connectivity index (χ4v) is 4.63. The number of sulfonamides is 1. The van der Waals surface area contributed by atoms with Crippen LogP contribution in [-0.4, -0.2) is 37.5 Å². The highest BCUT2D eigenvalue weighted by Crippen LogP contribution is 2.29. The molecule has 0 spiro atoms. The molecule has 114 valence electrons. The molecule has 21 heavy (non-hydrogen) atoms. The predicted molar refractivity (Wildman–Crippen MR) is 79.4 cm³/mol. The van der Waals surface area contributed by atoms with Crippen LogP contribution in [0, 0.1) is 17.2 Å². The first kappa shape index (κ1) is 16.2. The Morgan fingerprint density at radius 2 is 2.24 bits per heavy atom. The van der Waals surface area contributed by atoms with Crippen molar-refractivity contribution < 1.29 is 13.5 Å². The van der Waals surface area contributed by atoms with Gasteiger partial charge in [0.05, 0.1) is 16.7 Å². The van der Waals surface area contributed by atoms with Crippen molar-refractivity contribution >= 4 is 21.6 Å². The molecular formula is C14H17ClN2O3S. The van der Waals surface area contributed by atoms with Crippen LogP contribution in [0.4, 0.5) is 0 Å². The van der Waals surface area contributed by atoms with Crippen molar-refractivity contribution in [2.24, 2.45) is 5.92 Å². The van der Waals surface area contributed by atoms with Crippen molar-refractivity contribution in [1.82, 2.24) is 4.31 Å². The highest BCUT2D eigenvalue weighted by atomic mass is 35.5. The number of nitriles is 1. The Morgan fingerprint density at radius 1 is 1.48 bits per heavy atom. The van der Waals surface area contributed by atoms with Gasteiger partial charge in [-0.2, -0.15) is 9.57 Å². The molecule has 1 N–H and O–H groups in total. The maximum Gasteiger partial charge on any atom is 0.244 e. The second-order valence-electron chi connectivity index (χ2n) is 5.14. The van der Waals surface area contributed by atoms with E-state index in [-0.39, 0.29) is 28.0 Å². The summed E-state index contributed by atoms with van der Waals surface area (Å²) in [6.45, 7) is 0.886. The Balaban J connectivity index is 2.31. The van der Waals surface area contributed by atoms with Gasteiger partial charge in [-0.25, -0.2) is 8.42 Å². The molecule has 0 radical (unpaired) electrons. The van der Waals surface area contributed by atoms with Crippen LogP contribution in [-0.2, 0) is 10.0 Å². The van der Waals surface area contributed by atoms with Gasteiger partial charge in [0, 0.05) is 19.7 Å². The Labute approximate surface area is 129 Å². The van der Waals surface area contributed by atoms with E-state index in [4.69, 9.17) is 22.0 Å². The van der Waals surface area contributed by atoms with Crippen molar-refractivity contribution in [2.45, 2.75) is 24.2 Å². The third-order valence-corrected chi connectivity index (χ3v) is 6.04. The third-order valence-electron chi connectivity index (χ3n) is 3.70. The lowest BCUT2D eigenvalue weighted by Gasteiger charge is -2.31. The average molecular weight is 329 g/mol. The zero-order valence-electron chi connectivity index (χ0n) is 11.5. The summed E-state index contributed by atoms with van der Waals surface area (Å²) in [5.41, 5.74) is 0.266. The van der Waals surface area contributed by atoms with E-state index >= 15 is 0 Å². The largest absolute Gasteiger partial charge is 0.396 e. The Hall–Kier alpha value is -1.13. The quantitative estimate of drug-likeness (QED) is 0.916. The van der Waals surface area contributed by atoms with E-state index in [1.807, 2.05) is 6.07 Å². The summed E-state index contributed by atoms with van der Waals surface area (Å²) in [4.78, 5) is -0.0205. The van der Waals surface area contributed by atoms with Crippen molar-refractivity contribution in [2.75, 3.05) is 19.7 Å². The number of rotatable bonds is 4. The SMILES string of the molecule is N#Cc1ccc(Cl)c(S(=O)(=O)N2CCCC(CCO)C2)c1. The second kappa shape index (κ2) is 6.75. The molecule has 1 heterocycles. The molecule has 1 saturated heterocycles. The van der Waals surface area contributed by atoms with Crippen LogP contribution in [0.3, 0.4) is 0 Å². The lowest BCUT2D eigenvalue weighted by Crippen LogP contribution is -2.40. The Kier molecular flexibility index (Phi) is 5.22. The van der Waals surface area contributed by atoms with E-state index in [0.29, 0.717) is 19.5 Å². The third kappa shape index (κ3) is 3.55. The van der Waals surface area contributed by atoms with E-state index in [1.54, 1.807) is 0 Å². The minimum Gasteiger partial charge on any atom is -0.396 e. The van der Waals surface area contributed by atoms with Crippen LogP contribution >= 0.6 is 11.6 Å². The number of piperidine rings is 1. The van der Waals surface area contributed by atoms with Crippen LogP contribution < -0.4 is 0 Å². The number of benzene rings is 1. The van der Waals surface area contributed by atoms with Crippen LogP contribution in [0.25, 0.3) is 0 Å². The summed E-state index contributed by atoms with van der Waals surface area (Å²) in [6, 6.07) is 6.16. The van der Waals surface area contributed by atoms with Gasteiger partial charge in [-0.15, -0.1) is 0 Å². The molecular weight excluding hydrogens is 312 g/mol. The van der Waals surface area contributed by atoms with E-state index in [9.17, 15) is 8.42 Å². The summed E-state index contributed by atoms with van der Waals surface area (Å²) in [5, 5.41) is 18.0. The van der Waals surface area contributed by atoms with Gasteiger partial charge in [0.1, 0.15) is 4.90 Å². The van der Waals surface area contributed by atoms with Crippen molar-refractivity contribution in [1.29, 1.82) is 5.26 Å². The number of halogens is 1. The van der Waals surface area contributed by atoms with E-state index in [2.05, 4.69) is 0 Å². The molecule has 0 bridgehead atoms. The molecule has 0 aliphatic carbocycles. The maximum atomic E-state index is 12.7. The summed E-state index contributed by atoms with van der Waals surface area (Å²) in [5.74, 6) is 0.163. The summed E-state index contributed by atoms with van der Waals surface area (Å²) < 4.78 is 26.8. The molecule has 1 aromatic rings. The van der Waals surface area contributed by atoms with E-state index in [1.165, 1.54) is 22.5 Å². The first-order chi connectivity index (χ1) is 9.98. The van der Waals surface area contributed by atoms with Gasteiger partial charge in [0.2, 0.25) is 10.0 Å². The number of aliphatic hydroxyl groups is 1. The number of aliphatic hydroxyl groups excluding tert-OH is 1. The van der Waals surface area contributed by atoms with E-state index in [0.717, 1.165) is 12.8 Å². The molecule has 7 heteroatoms. The number of nitrogens with zero attached hydrogens (tertiary/aromatic N) is 2. The normalized spacial score (nSPS) is 20.1. The van der Waals surface area contributed by atoms with E-state index < -0.39 is 10.0 Å². The second-order valence-corrected chi connectivity index (χ2v) is 7.45. The summed E-state index contributed by atoms with van der Waals surface area (Å²) >= 11 is 6.00. The number of hydrogen-bond donors (Lipinski definition) is 1. The molecule has 0 saturated carbocycles. The first-order valence-electron chi connectivity index (χ1n) is 6.79. The fourth-order valence-electron chi connectivity index (χ4n) is 2.57. The molecule has 0 amide bonds. The van der Waals surface area contributed by atoms with Crippen LogP contribution in [0.15, 0.2) is 23.1 Å². The Bertz CT molecular complexity index is 653. The lowest BCUT2D eigenvalue weighted by molar-refractivity contribution is 0.203. The van der Waals surface area contributed by atoms with Gasteiger partial charge in [-0.3, -0.25) is 0 Å². The molecule has 2 rings (SSSR count). The maximum absolute atomic E-state index is 12.7. The van der Waals surface area contributed by atoms with Gasteiger partial charge in [0.15, 0.2) is 0 Å². The summed E-state index contributed by atoms with van der Waals surface area (Å²) in [6.07, 6.45) is 2.27. The zero-order chi connectivity index (χ0) is 15.5. The predicted octanol–water partition coefficient (Wildman–Crippen LogP) is 1.99. The monoisotopic (exact) mass is 328 g/mol. The topological polar surface area (TPSA) is 81.4 Å². The minimum absolute atomic E-state index is 0.0205. The molecule has 0 aromatic heterocycles. The molecule has 1 aromatic carbocycles. The smallest absolute Gasteiger partial charge is 0.244 e. The molecule has 1 aliphatic rings. The van der Waals surface area contributed by atoms with Crippen molar-refractivity contribution in [3.8, 4) is 6.07 Å².